The molecule has 1 aliphatic heterocycles. The van der Waals surface area contributed by atoms with Gasteiger partial charge in [-0.3, -0.25) is 4.79 Å². The third-order valence-corrected chi connectivity index (χ3v) is 4.61. The van der Waals surface area contributed by atoms with Crippen LogP contribution in [0.25, 0.3) is 0 Å². The number of morpholine rings is 1. The molecule has 1 aliphatic rings. The van der Waals surface area contributed by atoms with Crippen LogP contribution in [0.5, 0.6) is 0 Å². The molecular weight excluding hydrogens is 296 g/mol. The zero-order valence-corrected chi connectivity index (χ0v) is 13.3. The van der Waals surface area contributed by atoms with Gasteiger partial charge in [0.1, 0.15) is 12.1 Å². The number of thiophene rings is 1. The summed E-state index contributed by atoms with van der Waals surface area (Å²) in [6, 6.07) is 10.9. The minimum Gasteiger partial charge on any atom is -0.367 e. The van der Waals surface area contributed by atoms with Crippen LogP contribution in [0.3, 0.4) is 0 Å². The second-order valence-electron chi connectivity index (χ2n) is 5.62. The summed E-state index contributed by atoms with van der Waals surface area (Å²) < 4.78 is 5.97. The first kappa shape index (κ1) is 15.2. The first-order valence-corrected chi connectivity index (χ1v) is 8.36. The zero-order valence-electron chi connectivity index (χ0n) is 12.5. The molecule has 0 aliphatic carbocycles. The van der Waals surface area contributed by atoms with Crippen LogP contribution >= 0.6 is 11.3 Å². The quantitative estimate of drug-likeness (QED) is 0.947. The fourth-order valence-electron chi connectivity index (χ4n) is 2.77. The zero-order chi connectivity index (χ0) is 15.5. The molecule has 22 heavy (non-hydrogen) atoms. The second-order valence-corrected chi connectivity index (χ2v) is 6.40. The van der Waals surface area contributed by atoms with Crippen molar-refractivity contribution in [1.82, 2.24) is 4.90 Å². The van der Waals surface area contributed by atoms with E-state index >= 15 is 0 Å². The predicted molar refractivity (Wildman–Crippen MR) is 87.6 cm³/mol. The van der Waals surface area contributed by atoms with Crippen LogP contribution in [-0.2, 0) is 9.53 Å². The molecule has 1 amide bonds. The lowest BCUT2D eigenvalue weighted by Crippen LogP contribution is -2.48. The van der Waals surface area contributed by atoms with E-state index in [2.05, 4.69) is 5.38 Å². The summed E-state index contributed by atoms with van der Waals surface area (Å²) in [6.45, 7) is 3.13. The summed E-state index contributed by atoms with van der Waals surface area (Å²) in [7, 11) is 0. The molecule has 1 aromatic carbocycles. The predicted octanol–water partition coefficient (Wildman–Crippen LogP) is 2.74. The van der Waals surface area contributed by atoms with Gasteiger partial charge in [0.15, 0.2) is 0 Å². The van der Waals surface area contributed by atoms with Crippen molar-refractivity contribution in [3.8, 4) is 0 Å². The minimum absolute atomic E-state index is 0.00516. The molecule has 0 saturated carbocycles. The highest BCUT2D eigenvalue weighted by atomic mass is 32.1. The van der Waals surface area contributed by atoms with E-state index in [9.17, 15) is 4.79 Å². The number of nitrogens with two attached hydrogens (primary N) is 1. The molecule has 2 aromatic rings. The molecule has 3 atom stereocenters. The van der Waals surface area contributed by atoms with Gasteiger partial charge >= 0.3 is 0 Å². The number of carbonyl (C=O) groups excluding carboxylic acids is 1. The highest BCUT2D eigenvalue weighted by Crippen LogP contribution is 2.28. The Kier molecular flexibility index (Phi) is 4.57. The molecule has 3 rings (SSSR count). The van der Waals surface area contributed by atoms with Crippen molar-refractivity contribution in [3.63, 3.8) is 0 Å². The maximum atomic E-state index is 12.7. The van der Waals surface area contributed by atoms with Gasteiger partial charge in [0.25, 0.3) is 0 Å². The summed E-state index contributed by atoms with van der Waals surface area (Å²) in [4.78, 5) is 14.5. The van der Waals surface area contributed by atoms with Gasteiger partial charge in [0, 0.05) is 6.54 Å². The lowest BCUT2D eigenvalue weighted by atomic mass is 10.0. The van der Waals surface area contributed by atoms with Crippen LogP contribution in [-0.4, -0.2) is 30.0 Å². The number of benzene rings is 1. The Hall–Kier alpha value is -1.69. The lowest BCUT2D eigenvalue weighted by molar-refractivity contribution is -0.146. The van der Waals surface area contributed by atoms with E-state index in [1.165, 1.54) is 0 Å². The summed E-state index contributed by atoms with van der Waals surface area (Å²) in [5, 5.41) is 4.10. The minimum atomic E-state index is -0.616. The van der Waals surface area contributed by atoms with Gasteiger partial charge in [-0.1, -0.05) is 30.3 Å². The van der Waals surface area contributed by atoms with Crippen molar-refractivity contribution >= 4 is 17.2 Å². The molecule has 2 heterocycles. The van der Waals surface area contributed by atoms with Crippen molar-refractivity contribution in [2.75, 3.05) is 13.1 Å². The molecule has 1 aromatic heterocycles. The normalized spacial score (nSPS) is 23.3. The first-order chi connectivity index (χ1) is 10.6. The molecule has 0 bridgehead atoms. The molecule has 0 unspecified atom stereocenters. The summed E-state index contributed by atoms with van der Waals surface area (Å²) >= 11 is 1.64. The number of hydrogen-bond acceptors (Lipinski definition) is 4. The van der Waals surface area contributed by atoms with E-state index in [0.717, 1.165) is 11.1 Å². The Balaban J connectivity index is 1.74. The van der Waals surface area contributed by atoms with Crippen molar-refractivity contribution in [1.29, 1.82) is 0 Å². The fourth-order valence-corrected chi connectivity index (χ4v) is 3.48. The van der Waals surface area contributed by atoms with Gasteiger partial charge in [-0.2, -0.15) is 11.3 Å². The average Bonchev–Trinajstić information content (AvgIpc) is 3.08. The molecule has 0 radical (unpaired) electrons. The second kappa shape index (κ2) is 6.60. The van der Waals surface area contributed by atoms with E-state index in [4.69, 9.17) is 10.5 Å². The third-order valence-electron chi connectivity index (χ3n) is 3.91. The Morgan fingerprint density at radius 2 is 2.09 bits per heavy atom. The third kappa shape index (κ3) is 3.21. The van der Waals surface area contributed by atoms with Gasteiger partial charge < -0.3 is 15.4 Å². The molecule has 0 spiro atoms. The van der Waals surface area contributed by atoms with Gasteiger partial charge in [-0.05, 0) is 34.9 Å². The first-order valence-electron chi connectivity index (χ1n) is 7.42. The highest BCUT2D eigenvalue weighted by molar-refractivity contribution is 7.07. The SMILES string of the molecule is C[C@@H]1CN(C(=O)[C@H](N)c2ccccc2)C[C@H](c2ccsc2)O1. The largest absolute Gasteiger partial charge is 0.367 e. The average molecular weight is 316 g/mol. The molecular formula is C17H20N2O2S. The van der Waals surface area contributed by atoms with Crippen LogP contribution in [0, 0.1) is 0 Å². The topological polar surface area (TPSA) is 55.6 Å². The number of carbonyl (C=O) groups is 1. The van der Waals surface area contributed by atoms with E-state index in [0.29, 0.717) is 13.1 Å². The van der Waals surface area contributed by atoms with Crippen molar-refractivity contribution in [3.05, 3.63) is 58.3 Å². The van der Waals surface area contributed by atoms with Crippen LogP contribution in [0.4, 0.5) is 0 Å². The monoisotopic (exact) mass is 316 g/mol. The van der Waals surface area contributed by atoms with Crippen molar-refractivity contribution in [2.24, 2.45) is 5.73 Å². The molecule has 4 nitrogen and oxygen atoms in total. The number of rotatable bonds is 3. The molecule has 5 heteroatoms. The van der Waals surface area contributed by atoms with Crippen molar-refractivity contribution < 1.29 is 9.53 Å². The number of ether oxygens (including phenoxy) is 1. The Morgan fingerprint density at radius 3 is 2.77 bits per heavy atom. The Morgan fingerprint density at radius 1 is 1.32 bits per heavy atom. The van der Waals surface area contributed by atoms with E-state index in [1.54, 1.807) is 11.3 Å². The van der Waals surface area contributed by atoms with Gasteiger partial charge in [-0.15, -0.1) is 0 Å². The smallest absolute Gasteiger partial charge is 0.244 e. The molecule has 2 N–H and O–H groups in total. The molecule has 1 saturated heterocycles. The fraction of sp³-hybridized carbons (Fsp3) is 0.353. The lowest BCUT2D eigenvalue weighted by Gasteiger charge is -2.37. The van der Waals surface area contributed by atoms with Gasteiger partial charge in [-0.25, -0.2) is 0 Å². The van der Waals surface area contributed by atoms with E-state index in [1.807, 2.05) is 53.6 Å². The Bertz CT molecular complexity index is 615. The summed E-state index contributed by atoms with van der Waals surface area (Å²) in [6.07, 6.45) is -0.0625. The number of hydrogen-bond donors (Lipinski definition) is 1. The van der Waals surface area contributed by atoms with E-state index < -0.39 is 6.04 Å². The standard InChI is InChI=1S/C17H20N2O2S/c1-12-9-19(10-15(21-12)14-7-8-22-11-14)17(20)16(18)13-5-3-2-4-6-13/h2-8,11-12,15-16H,9-10,18H2,1H3/t12-,15-,16-/m1/s1. The summed E-state index contributed by atoms with van der Waals surface area (Å²) in [5.41, 5.74) is 8.12. The maximum absolute atomic E-state index is 12.7. The van der Waals surface area contributed by atoms with Crippen LogP contribution in [0.1, 0.15) is 30.2 Å². The highest BCUT2D eigenvalue weighted by Gasteiger charge is 2.32. The number of nitrogens with zero attached hydrogens (tertiary/aromatic N) is 1. The molecule has 116 valence electrons. The van der Waals surface area contributed by atoms with Crippen LogP contribution in [0.2, 0.25) is 0 Å². The van der Waals surface area contributed by atoms with E-state index in [-0.39, 0.29) is 18.1 Å². The van der Waals surface area contributed by atoms with Gasteiger partial charge in [0.05, 0.1) is 12.6 Å². The van der Waals surface area contributed by atoms with Crippen LogP contribution < -0.4 is 5.73 Å². The Labute approximate surface area is 134 Å². The summed E-state index contributed by atoms with van der Waals surface area (Å²) in [5.74, 6) is -0.0402. The number of amides is 1. The van der Waals surface area contributed by atoms with Crippen LogP contribution in [0.15, 0.2) is 47.2 Å². The van der Waals surface area contributed by atoms with Gasteiger partial charge in [0.2, 0.25) is 5.91 Å². The molecule has 1 fully saturated rings. The van der Waals surface area contributed by atoms with Crippen molar-refractivity contribution in [2.45, 2.75) is 25.2 Å². The maximum Gasteiger partial charge on any atom is 0.244 e.